The molecule has 6 rings (SSSR count). The highest BCUT2D eigenvalue weighted by molar-refractivity contribution is 14.1. The molecule has 0 saturated carbocycles. The normalized spacial score (nSPS) is 15.5. The molecule has 0 aliphatic carbocycles. The molecule has 38 heteroatoms. The van der Waals surface area contributed by atoms with Gasteiger partial charge in [-0.15, -0.1) is 0 Å². The van der Waals surface area contributed by atoms with E-state index in [2.05, 4.69) is 74.6 Å². The number of carboxylic acids is 3. The van der Waals surface area contributed by atoms with Crippen molar-refractivity contribution in [2.24, 2.45) is 0 Å². The van der Waals surface area contributed by atoms with Gasteiger partial charge in [0.2, 0.25) is 23.6 Å². The standard InChI is InChI=1S/C69H99BIN13O18S.2CO2/c1-80-28-30-81(2)52(44-83(46-65(91)92)33-32-82(31-29-80)45-64(89)90)40-48-13-17-51(18-14-48)77-69(103)75-24-6-3-8-56(67(94)79-57(68(95)96)9-4-5-23-73-61(86)41-49-11-15-50(71)16-12-49)78-60(85)22-34-99-36-38-101-39-37-100-35-26-74-62(87)47-102-53-19-20-54-55(21-25-72-58(54)42-53)66(93)76-43-63(88)84-27-7-10-59(84)70(97)98;2*2-1-3/h11-21,25,42,52,56-57,59,97-98H,3-10,22-24,26-41,43-47H2,1-2H3,(H,73,86)(H,74,87)(H,76,93)(H,78,85)(H,79,94)(H,89,90)(H,91,92)(H,95,96)(H2,75,77,103);;/t52?,56-,57-,59-;;/m0../s1. The first-order valence-electron chi connectivity index (χ1n) is 35.5. The number of hydrogen-bond donors (Lipinski definition) is 12. The van der Waals surface area contributed by atoms with Crippen molar-refractivity contribution in [2.75, 3.05) is 157 Å². The second kappa shape index (κ2) is 52.9. The molecule has 0 radical (unpaired) electrons. The summed E-state index contributed by atoms with van der Waals surface area (Å²) in [4.78, 5) is 160. The molecule has 6 amide bonds. The van der Waals surface area contributed by atoms with Crippen LogP contribution in [0.15, 0.2) is 79.0 Å². The number of nitrogens with one attached hydrogen (secondary N) is 7. The Labute approximate surface area is 650 Å². The molecule has 2 saturated heterocycles. The van der Waals surface area contributed by atoms with E-state index in [0.29, 0.717) is 119 Å². The van der Waals surface area contributed by atoms with Crippen LogP contribution in [0.2, 0.25) is 0 Å². The summed E-state index contributed by atoms with van der Waals surface area (Å²) in [6.45, 7) is 5.32. The summed E-state index contributed by atoms with van der Waals surface area (Å²) >= 11 is 7.81. The molecule has 2 fully saturated rings. The first-order valence-corrected chi connectivity index (χ1v) is 37.0. The number of ether oxygens (including phenoxy) is 4. The molecule has 4 atom stereocenters. The van der Waals surface area contributed by atoms with Gasteiger partial charge in [0.25, 0.3) is 11.8 Å². The van der Waals surface area contributed by atoms with Gasteiger partial charge in [0.05, 0.1) is 82.7 Å². The second-order valence-electron chi connectivity index (χ2n) is 25.5. The number of likely N-dealkylation sites (tertiary alicyclic amines) is 1. The van der Waals surface area contributed by atoms with Crippen molar-refractivity contribution in [3.8, 4) is 5.75 Å². The van der Waals surface area contributed by atoms with Crippen LogP contribution in [0.3, 0.4) is 0 Å². The van der Waals surface area contributed by atoms with Gasteiger partial charge in [0.15, 0.2) is 11.7 Å². The molecule has 109 heavy (non-hydrogen) atoms. The smallest absolute Gasteiger partial charge is 0.475 e. The van der Waals surface area contributed by atoms with E-state index in [1.807, 2.05) is 72.4 Å². The predicted molar refractivity (Wildman–Crippen MR) is 406 cm³/mol. The number of pyridine rings is 1. The number of amides is 6. The van der Waals surface area contributed by atoms with E-state index in [0.717, 1.165) is 33.5 Å². The molecule has 3 aromatic carbocycles. The topological polar surface area (TPSA) is 473 Å². The zero-order valence-electron chi connectivity index (χ0n) is 61.2. The Bertz CT molecular complexity index is 3590. The van der Waals surface area contributed by atoms with E-state index in [9.17, 15) is 68.5 Å². The van der Waals surface area contributed by atoms with Crippen LogP contribution in [0, 0.1) is 3.57 Å². The lowest BCUT2D eigenvalue weighted by atomic mass is 9.78. The highest BCUT2D eigenvalue weighted by Crippen LogP contribution is 2.24. The van der Waals surface area contributed by atoms with Crippen LogP contribution >= 0.6 is 34.8 Å². The van der Waals surface area contributed by atoms with Gasteiger partial charge in [-0.3, -0.25) is 53.1 Å². The largest absolute Gasteiger partial charge is 0.484 e. The maximum Gasteiger partial charge on any atom is 0.475 e. The first kappa shape index (κ1) is 92.4. The first-order chi connectivity index (χ1) is 52.3. The third-order valence-corrected chi connectivity index (χ3v) is 18.3. The van der Waals surface area contributed by atoms with E-state index in [-0.39, 0.29) is 128 Å². The number of carbonyl (C=O) groups is 9. The van der Waals surface area contributed by atoms with Crippen molar-refractivity contribution >= 4 is 129 Å². The van der Waals surface area contributed by atoms with Crippen molar-refractivity contribution in [1.82, 2.24) is 61.4 Å². The predicted octanol–water partition coefficient (Wildman–Crippen LogP) is -0.358. The summed E-state index contributed by atoms with van der Waals surface area (Å²) in [5.74, 6) is -6.16. The van der Waals surface area contributed by atoms with Gasteiger partial charge in [0, 0.05) is 111 Å². The molecule has 35 nitrogen and oxygen atoms in total. The molecule has 0 spiro atoms. The van der Waals surface area contributed by atoms with E-state index in [1.54, 1.807) is 18.2 Å². The Morgan fingerprint density at radius 1 is 0.651 bits per heavy atom. The number of nitrogens with zero attached hydrogens (tertiary/aromatic N) is 6. The Morgan fingerprint density at radius 2 is 1.25 bits per heavy atom. The number of halogens is 1. The fourth-order valence-electron chi connectivity index (χ4n) is 11.6. The number of fused-ring (bicyclic) bond motifs is 1. The fraction of sp³-hybridized carbons (Fsp3) is 0.535. The van der Waals surface area contributed by atoms with E-state index in [4.69, 9.17) is 50.3 Å². The molecule has 1 unspecified atom stereocenters. The summed E-state index contributed by atoms with van der Waals surface area (Å²) < 4.78 is 23.5. The van der Waals surface area contributed by atoms with Crippen LogP contribution in [-0.2, 0) is 84.6 Å². The Balaban J connectivity index is 0.00000404. The summed E-state index contributed by atoms with van der Waals surface area (Å²) in [5.41, 5.74) is 3.32. The quantitative estimate of drug-likeness (QED) is 0.0117. The molecular formula is C71H99BIN13O22S. The molecule has 0 bridgehead atoms. The Hall–Kier alpha value is -9.02. The number of thiocarbonyl (C=S) groups is 1. The van der Waals surface area contributed by atoms with Crippen LogP contribution < -0.4 is 42.0 Å². The third-order valence-electron chi connectivity index (χ3n) is 17.3. The molecule has 12 N–H and O–H groups in total. The molecular weight excluding hydrogens is 1560 g/mol. The number of benzene rings is 3. The van der Waals surface area contributed by atoms with Gasteiger partial charge >= 0.3 is 37.3 Å². The number of unbranched alkanes of at least 4 members (excludes halogenated alkanes) is 2. The van der Waals surface area contributed by atoms with Crippen molar-refractivity contribution in [2.45, 2.75) is 94.7 Å². The molecule has 2 aliphatic rings. The van der Waals surface area contributed by atoms with Crippen LogP contribution in [0.25, 0.3) is 10.9 Å². The number of anilines is 1. The van der Waals surface area contributed by atoms with Gasteiger partial charge in [-0.25, -0.2) is 4.79 Å². The van der Waals surface area contributed by atoms with Crippen LogP contribution in [0.1, 0.15) is 79.3 Å². The summed E-state index contributed by atoms with van der Waals surface area (Å²) in [6.07, 6.45) is 5.84. The number of hydrogen-bond acceptors (Lipinski definition) is 25. The Kier molecular flexibility index (Phi) is 44.9. The van der Waals surface area contributed by atoms with Gasteiger partial charge in [-0.05, 0) is 160 Å². The maximum atomic E-state index is 13.8. The van der Waals surface area contributed by atoms with Crippen LogP contribution in [-0.4, -0.2) is 309 Å². The number of carboxylic acid groups (broad SMARTS) is 3. The molecule has 596 valence electrons. The summed E-state index contributed by atoms with van der Waals surface area (Å²) in [7, 11) is 2.38. The number of aliphatic carboxylic acids is 3. The lowest BCUT2D eigenvalue weighted by Crippen LogP contribution is -2.51. The number of carbonyl (C=O) groups excluding carboxylic acids is 10. The van der Waals surface area contributed by atoms with E-state index < -0.39 is 72.6 Å². The van der Waals surface area contributed by atoms with Gasteiger partial charge in [-0.1, -0.05) is 24.3 Å². The average Bonchev–Trinajstić information content (AvgIpc) is 1.02. The van der Waals surface area contributed by atoms with Crippen molar-refractivity contribution in [1.29, 1.82) is 0 Å². The van der Waals surface area contributed by atoms with Gasteiger partial charge in [-0.2, -0.15) is 19.2 Å². The zero-order valence-corrected chi connectivity index (χ0v) is 64.1. The van der Waals surface area contributed by atoms with Gasteiger partial charge in [0.1, 0.15) is 17.8 Å². The third kappa shape index (κ3) is 38.3. The lowest BCUT2D eigenvalue weighted by Gasteiger charge is -2.36. The molecule has 3 heterocycles. The minimum absolute atomic E-state index is 0.00325. The SMILES string of the molecule is CN1CCN(CC(=O)O)CCN(CC(=O)O)CC(Cc2ccc(NC(=S)NCCCC[C@H](NC(=O)CCOCCOCCOCCNC(=O)COc3ccc4c(C(=O)NCC(=O)N5CCC[C@H]5B(O)O)ccnc4c3)C(=O)N[C@@H](CCCCNC(=O)Cc3ccc(I)cc3)C(=O)O)cc2)N(C)CC1.O=C=O.O=C=O. The minimum Gasteiger partial charge on any atom is -0.484 e. The summed E-state index contributed by atoms with van der Waals surface area (Å²) in [6, 6.07) is 19.3. The molecule has 2 aliphatic heterocycles. The van der Waals surface area contributed by atoms with Crippen LogP contribution in [0.5, 0.6) is 5.75 Å². The van der Waals surface area contributed by atoms with E-state index >= 15 is 0 Å². The van der Waals surface area contributed by atoms with Crippen LogP contribution in [0.4, 0.5) is 5.69 Å². The number of rotatable bonds is 42. The molecule has 4 aromatic rings. The number of aromatic nitrogens is 1. The maximum absolute atomic E-state index is 13.8. The number of likely N-dealkylation sites (N-methyl/N-ethyl adjacent to an activating group) is 2. The minimum atomic E-state index is -1.67. The second-order valence-corrected chi connectivity index (χ2v) is 27.2. The van der Waals surface area contributed by atoms with Crippen molar-refractivity contribution in [3.05, 3.63) is 99.3 Å². The summed E-state index contributed by atoms with van der Waals surface area (Å²) in [5, 5.41) is 69.4. The monoisotopic (exact) mass is 1660 g/mol. The highest BCUT2D eigenvalue weighted by Gasteiger charge is 2.37. The van der Waals surface area contributed by atoms with E-state index in [1.165, 1.54) is 17.2 Å². The van der Waals surface area contributed by atoms with Crippen molar-refractivity contribution < 1.29 is 107 Å². The molecule has 1 aromatic heterocycles. The zero-order chi connectivity index (χ0) is 79.9. The lowest BCUT2D eigenvalue weighted by molar-refractivity contribution is -0.193. The fourth-order valence-corrected chi connectivity index (χ4v) is 12.2. The van der Waals surface area contributed by atoms with Gasteiger partial charge < -0.3 is 96.2 Å². The highest BCUT2D eigenvalue weighted by atomic mass is 127. The average molecular weight is 1660 g/mol. The van der Waals surface area contributed by atoms with Crippen molar-refractivity contribution in [3.63, 3.8) is 0 Å². The Morgan fingerprint density at radius 3 is 1.91 bits per heavy atom.